The molecule has 0 aromatic carbocycles. The van der Waals surface area contributed by atoms with Crippen molar-refractivity contribution in [3.8, 4) is 0 Å². The molecule has 358 valence electrons. The first-order valence-corrected chi connectivity index (χ1v) is 25.7. The number of hydrogen-bond acceptors (Lipinski definition) is 7. The molecule has 2 unspecified atom stereocenters. The molecule has 0 heterocycles. The van der Waals surface area contributed by atoms with Crippen LogP contribution in [-0.2, 0) is 27.9 Å². The van der Waals surface area contributed by atoms with E-state index in [-0.39, 0.29) is 26.2 Å². The number of phosphoric ester groups is 1. The minimum atomic E-state index is -4.56. The van der Waals surface area contributed by atoms with Crippen molar-refractivity contribution in [3.63, 3.8) is 0 Å². The van der Waals surface area contributed by atoms with Gasteiger partial charge in [0.2, 0.25) is 0 Å². The van der Waals surface area contributed by atoms with Crippen LogP contribution in [0.5, 0.6) is 0 Å². The summed E-state index contributed by atoms with van der Waals surface area (Å²) in [6.07, 6.45) is 65.2. The maximum absolute atomic E-state index is 12.7. The quantitative estimate of drug-likeness (QED) is 0.0198. The van der Waals surface area contributed by atoms with E-state index in [4.69, 9.17) is 18.5 Å². The lowest BCUT2D eigenvalue weighted by Crippen LogP contribution is -2.37. The monoisotopic (exact) mass is 896 g/mol. The second-order valence-electron chi connectivity index (χ2n) is 16.7. The molecule has 0 saturated heterocycles. The van der Waals surface area contributed by atoms with Crippen LogP contribution >= 0.6 is 7.82 Å². The van der Waals surface area contributed by atoms with Crippen molar-refractivity contribution in [2.24, 2.45) is 0 Å². The molecule has 0 aromatic rings. The van der Waals surface area contributed by atoms with E-state index in [1.54, 1.807) is 0 Å². The molecule has 0 aliphatic heterocycles. The van der Waals surface area contributed by atoms with Crippen molar-refractivity contribution >= 4 is 13.8 Å². The van der Waals surface area contributed by atoms with Crippen molar-refractivity contribution in [1.29, 1.82) is 0 Å². The number of unbranched alkanes of at least 4 members (excludes halogenated alkanes) is 9. The predicted molar refractivity (Wildman–Crippen MR) is 267 cm³/mol. The van der Waals surface area contributed by atoms with Gasteiger partial charge in [-0.1, -0.05) is 180 Å². The Kier molecular flexibility index (Phi) is 43.2. The first-order chi connectivity index (χ1) is 30.6. The van der Waals surface area contributed by atoms with Gasteiger partial charge in [-0.2, -0.15) is 0 Å². The van der Waals surface area contributed by atoms with Crippen LogP contribution in [0.4, 0.5) is 0 Å². The number of allylic oxidation sites excluding steroid dienone is 20. The van der Waals surface area contributed by atoms with Crippen LogP contribution in [0.3, 0.4) is 0 Å². The molecule has 0 N–H and O–H groups in total. The summed E-state index contributed by atoms with van der Waals surface area (Å²) in [6, 6.07) is 0. The first kappa shape index (κ1) is 59.9. The summed E-state index contributed by atoms with van der Waals surface area (Å²) < 4.78 is 34.6. The largest absolute Gasteiger partial charge is 0.756 e. The Morgan fingerprint density at radius 3 is 1.30 bits per heavy atom. The smallest absolute Gasteiger partial charge is 0.306 e. The highest BCUT2D eigenvalue weighted by atomic mass is 31.2. The molecule has 0 spiro atoms. The van der Waals surface area contributed by atoms with E-state index in [1.807, 2.05) is 33.3 Å². The standard InChI is InChI=1S/C54H90NO7P/c1-6-8-10-12-14-16-18-20-22-24-26-27-28-30-32-34-36-38-40-42-44-46-49-59-51-53(52-61-63(57,58)60-50-48-55(3,4)5)62-54(56)47-45-43-41-39-37-35-33-31-29-25-23-21-19-17-15-13-11-9-7-2/h8-11,14-17,20-23,26-27,29,31,35,37,41,43,53H,6-7,12-13,18-19,24-25,28,30,32-34,36,38-40,42,44-52H2,1-5H3/b10-8-,11-9-,16-14-,17-15-,22-20-,23-21-,27-26-,31-29-,37-35-,43-41-. The molecule has 0 bridgehead atoms. The predicted octanol–water partition coefficient (Wildman–Crippen LogP) is 14.3. The van der Waals surface area contributed by atoms with Gasteiger partial charge in [-0.25, -0.2) is 0 Å². The number of ether oxygens (including phenoxy) is 2. The Hall–Kier alpha value is -3.10. The Morgan fingerprint density at radius 2 is 0.873 bits per heavy atom. The lowest BCUT2D eigenvalue weighted by Gasteiger charge is -2.28. The van der Waals surface area contributed by atoms with Gasteiger partial charge in [0.1, 0.15) is 19.3 Å². The SMILES string of the molecule is CC/C=C\C/C=C\C/C=C\C/C=C\C/C=C\C/C=C\CCC(=O)OC(COCCCCCCCCCCC/C=C\C/C=C\C/C=C\C/C=C\CC)COP(=O)([O-])OCC[N+](C)(C)C. The van der Waals surface area contributed by atoms with Crippen LogP contribution < -0.4 is 4.89 Å². The van der Waals surface area contributed by atoms with Crippen LogP contribution in [0.1, 0.15) is 155 Å². The van der Waals surface area contributed by atoms with Crippen LogP contribution in [0.2, 0.25) is 0 Å². The molecule has 0 saturated carbocycles. The zero-order valence-corrected chi connectivity index (χ0v) is 41.4. The topological polar surface area (TPSA) is 94.1 Å². The molecule has 0 aliphatic rings. The molecule has 0 fully saturated rings. The second kappa shape index (κ2) is 45.5. The number of carbonyl (C=O) groups is 1. The lowest BCUT2D eigenvalue weighted by molar-refractivity contribution is -0.870. The molecular weight excluding hydrogens is 806 g/mol. The van der Waals surface area contributed by atoms with Crippen LogP contribution in [0.25, 0.3) is 0 Å². The fraction of sp³-hybridized carbons (Fsp3) is 0.611. The number of quaternary nitrogens is 1. The van der Waals surface area contributed by atoms with Gasteiger partial charge in [-0.15, -0.1) is 0 Å². The van der Waals surface area contributed by atoms with Crippen molar-refractivity contribution in [2.75, 3.05) is 54.1 Å². The van der Waals surface area contributed by atoms with E-state index in [9.17, 15) is 14.3 Å². The summed E-state index contributed by atoms with van der Waals surface area (Å²) in [5, 5.41) is 0. The molecule has 0 aromatic heterocycles. The van der Waals surface area contributed by atoms with E-state index >= 15 is 0 Å². The molecule has 2 atom stereocenters. The number of esters is 1. The number of rotatable bonds is 43. The van der Waals surface area contributed by atoms with Gasteiger partial charge in [0.25, 0.3) is 7.82 Å². The van der Waals surface area contributed by atoms with Crippen molar-refractivity contribution in [3.05, 3.63) is 122 Å². The number of likely N-dealkylation sites (N-methyl/N-ethyl adjacent to an activating group) is 1. The third kappa shape index (κ3) is 49.8. The summed E-state index contributed by atoms with van der Waals surface area (Å²) in [7, 11) is 1.28. The molecule has 0 aliphatic carbocycles. The van der Waals surface area contributed by atoms with Gasteiger partial charge in [0, 0.05) is 13.0 Å². The third-order valence-electron chi connectivity index (χ3n) is 9.52. The van der Waals surface area contributed by atoms with E-state index in [1.165, 1.54) is 38.5 Å². The minimum Gasteiger partial charge on any atom is -0.756 e. The maximum Gasteiger partial charge on any atom is 0.306 e. The Morgan fingerprint density at radius 1 is 0.492 bits per heavy atom. The highest BCUT2D eigenvalue weighted by Crippen LogP contribution is 2.38. The molecule has 0 amide bonds. The fourth-order valence-corrected chi connectivity index (χ4v) is 6.58. The highest BCUT2D eigenvalue weighted by molar-refractivity contribution is 7.45. The van der Waals surface area contributed by atoms with E-state index in [0.717, 1.165) is 89.9 Å². The Bertz CT molecular complexity index is 1410. The molecule has 0 radical (unpaired) electrons. The van der Waals surface area contributed by atoms with E-state index in [2.05, 4.69) is 123 Å². The average molecular weight is 896 g/mol. The van der Waals surface area contributed by atoms with Gasteiger partial charge in [0.05, 0.1) is 34.4 Å². The molecule has 0 rings (SSSR count). The number of phosphoric acid groups is 1. The summed E-state index contributed by atoms with van der Waals surface area (Å²) in [5.74, 6) is -0.423. The van der Waals surface area contributed by atoms with Gasteiger partial charge in [-0.3, -0.25) is 9.36 Å². The van der Waals surface area contributed by atoms with Crippen LogP contribution in [0.15, 0.2) is 122 Å². The summed E-state index contributed by atoms with van der Waals surface area (Å²) in [5.41, 5.74) is 0. The van der Waals surface area contributed by atoms with Crippen molar-refractivity contribution in [2.45, 2.75) is 161 Å². The average Bonchev–Trinajstić information content (AvgIpc) is 3.24. The minimum absolute atomic E-state index is 0.00384. The molecule has 8 nitrogen and oxygen atoms in total. The third-order valence-corrected chi connectivity index (χ3v) is 10.5. The molecular formula is C54H90NO7P. The van der Waals surface area contributed by atoms with E-state index in [0.29, 0.717) is 24.1 Å². The second-order valence-corrected chi connectivity index (χ2v) is 18.1. The van der Waals surface area contributed by atoms with Gasteiger partial charge < -0.3 is 27.9 Å². The Balaban J connectivity index is 4.33. The highest BCUT2D eigenvalue weighted by Gasteiger charge is 2.20. The zero-order chi connectivity index (χ0) is 46.2. The van der Waals surface area contributed by atoms with Crippen LogP contribution in [-0.4, -0.2) is 70.7 Å². The summed E-state index contributed by atoms with van der Waals surface area (Å²) >= 11 is 0. The normalized spacial score (nSPS) is 14.7. The zero-order valence-electron chi connectivity index (χ0n) is 40.5. The summed E-state index contributed by atoms with van der Waals surface area (Å²) in [6.45, 7) is 5.03. The lowest BCUT2D eigenvalue weighted by atomic mass is 10.1. The molecule has 63 heavy (non-hydrogen) atoms. The van der Waals surface area contributed by atoms with Crippen molar-refractivity contribution in [1.82, 2.24) is 0 Å². The first-order valence-electron chi connectivity index (χ1n) is 24.3. The van der Waals surface area contributed by atoms with Gasteiger partial charge >= 0.3 is 5.97 Å². The van der Waals surface area contributed by atoms with Gasteiger partial charge in [0.15, 0.2) is 0 Å². The number of carbonyl (C=O) groups excluding carboxylic acids is 1. The van der Waals surface area contributed by atoms with Crippen LogP contribution in [0, 0.1) is 0 Å². The summed E-state index contributed by atoms with van der Waals surface area (Å²) in [4.78, 5) is 25.1. The molecule has 9 heteroatoms. The Labute approximate surface area is 386 Å². The fourth-order valence-electron chi connectivity index (χ4n) is 5.86. The van der Waals surface area contributed by atoms with Gasteiger partial charge in [-0.05, 0) is 89.9 Å². The number of hydrogen-bond donors (Lipinski definition) is 0. The van der Waals surface area contributed by atoms with E-state index < -0.39 is 19.9 Å². The maximum atomic E-state index is 12.7. The number of nitrogens with zero attached hydrogens (tertiary/aromatic N) is 1. The van der Waals surface area contributed by atoms with Crippen molar-refractivity contribution < 1.29 is 37.3 Å².